The summed E-state index contributed by atoms with van der Waals surface area (Å²) in [6.45, 7) is 7.63. The second kappa shape index (κ2) is 6.50. The normalized spacial score (nSPS) is 16.3. The number of imidazole rings is 1. The largest absolute Gasteiger partial charge is 0.490 e. The van der Waals surface area contributed by atoms with Gasteiger partial charge in [0.1, 0.15) is 24.3 Å². The van der Waals surface area contributed by atoms with Gasteiger partial charge in [-0.2, -0.15) is 0 Å². The van der Waals surface area contributed by atoms with E-state index < -0.39 is 6.10 Å². The molecule has 1 aromatic carbocycles. The molecule has 1 aromatic heterocycles. The van der Waals surface area contributed by atoms with Crippen LogP contribution in [0, 0.1) is 13.8 Å². The van der Waals surface area contributed by atoms with Gasteiger partial charge in [-0.1, -0.05) is 18.2 Å². The number of aryl methyl sites for hydroxylation is 2. The van der Waals surface area contributed by atoms with E-state index in [4.69, 9.17) is 4.74 Å². The monoisotopic (exact) mass is 301 g/mol. The molecule has 0 amide bonds. The number of ether oxygens (including phenoxy) is 1. The fourth-order valence-electron chi connectivity index (χ4n) is 2.94. The number of benzene rings is 1. The van der Waals surface area contributed by atoms with E-state index in [0.29, 0.717) is 13.2 Å². The second-order valence-electron chi connectivity index (χ2n) is 5.96. The van der Waals surface area contributed by atoms with Gasteiger partial charge in [-0.05, 0) is 25.0 Å². The molecule has 0 aliphatic carbocycles. The number of aliphatic hydroxyl groups excluding tert-OH is 1. The van der Waals surface area contributed by atoms with E-state index >= 15 is 0 Å². The van der Waals surface area contributed by atoms with Crippen LogP contribution in [0.15, 0.2) is 30.6 Å². The molecule has 0 spiro atoms. The summed E-state index contributed by atoms with van der Waals surface area (Å²) in [7, 11) is 0. The molecule has 1 unspecified atom stereocenters. The van der Waals surface area contributed by atoms with Crippen LogP contribution < -0.4 is 4.74 Å². The molecule has 22 heavy (non-hydrogen) atoms. The Morgan fingerprint density at radius 3 is 2.82 bits per heavy atom. The molecular formula is C17H23N3O2. The van der Waals surface area contributed by atoms with Crippen LogP contribution in [0.5, 0.6) is 5.75 Å². The van der Waals surface area contributed by atoms with Gasteiger partial charge >= 0.3 is 0 Å². The maximum absolute atomic E-state index is 10.2. The number of hydrogen-bond acceptors (Lipinski definition) is 4. The highest BCUT2D eigenvalue weighted by Gasteiger charge is 2.19. The van der Waals surface area contributed by atoms with Crippen LogP contribution in [-0.2, 0) is 13.1 Å². The molecule has 0 saturated carbocycles. The van der Waals surface area contributed by atoms with Crippen LogP contribution >= 0.6 is 0 Å². The third-order valence-corrected chi connectivity index (χ3v) is 4.12. The summed E-state index contributed by atoms with van der Waals surface area (Å²) in [6, 6.07) is 6.07. The minimum Gasteiger partial charge on any atom is -0.490 e. The van der Waals surface area contributed by atoms with Crippen molar-refractivity contribution in [1.29, 1.82) is 0 Å². The van der Waals surface area contributed by atoms with Crippen molar-refractivity contribution in [1.82, 2.24) is 14.5 Å². The van der Waals surface area contributed by atoms with Crippen molar-refractivity contribution in [2.45, 2.75) is 33.0 Å². The molecule has 118 valence electrons. The molecule has 0 saturated heterocycles. The Bertz CT molecular complexity index is 618. The fourth-order valence-corrected chi connectivity index (χ4v) is 2.94. The number of β-amino-alcohol motifs (C(OH)–C–C–N with tert-alkyl or cyclic N) is 1. The van der Waals surface area contributed by atoms with Crippen molar-refractivity contribution >= 4 is 0 Å². The van der Waals surface area contributed by atoms with Crippen molar-refractivity contribution in [3.63, 3.8) is 0 Å². The van der Waals surface area contributed by atoms with Gasteiger partial charge in [0, 0.05) is 32.0 Å². The zero-order chi connectivity index (χ0) is 15.5. The summed E-state index contributed by atoms with van der Waals surface area (Å²) in [5.74, 6) is 1.95. The van der Waals surface area contributed by atoms with E-state index in [9.17, 15) is 5.11 Å². The molecule has 2 aromatic rings. The van der Waals surface area contributed by atoms with E-state index in [1.165, 1.54) is 0 Å². The standard InChI is InChI=1S/C17H23N3O2/c1-13-4-3-5-14(2)17(13)22-12-15(21)10-19-8-9-20-7-6-18-16(20)11-19/h3-7,15,21H,8-12H2,1-2H3. The summed E-state index contributed by atoms with van der Waals surface area (Å²) in [4.78, 5) is 6.56. The smallest absolute Gasteiger partial charge is 0.125 e. The molecule has 1 aliphatic heterocycles. The first-order valence-electron chi connectivity index (χ1n) is 7.73. The van der Waals surface area contributed by atoms with E-state index in [0.717, 1.165) is 42.3 Å². The lowest BCUT2D eigenvalue weighted by Crippen LogP contribution is -2.40. The molecule has 3 rings (SSSR count). The minimum atomic E-state index is -0.500. The molecule has 2 heterocycles. The highest BCUT2D eigenvalue weighted by Crippen LogP contribution is 2.22. The first-order valence-corrected chi connectivity index (χ1v) is 7.73. The van der Waals surface area contributed by atoms with Gasteiger partial charge in [-0.3, -0.25) is 4.90 Å². The van der Waals surface area contributed by atoms with Crippen LogP contribution in [0.2, 0.25) is 0 Å². The number of rotatable bonds is 5. The fraction of sp³-hybridized carbons (Fsp3) is 0.471. The highest BCUT2D eigenvalue weighted by molar-refractivity contribution is 5.39. The lowest BCUT2D eigenvalue weighted by molar-refractivity contribution is 0.0579. The molecular weight excluding hydrogens is 278 g/mol. The van der Waals surface area contributed by atoms with Gasteiger partial charge in [-0.25, -0.2) is 4.98 Å². The molecule has 0 bridgehead atoms. The lowest BCUT2D eigenvalue weighted by atomic mass is 10.1. The number of nitrogens with zero attached hydrogens (tertiary/aromatic N) is 3. The number of aliphatic hydroxyl groups is 1. The van der Waals surface area contributed by atoms with Gasteiger partial charge in [0.25, 0.3) is 0 Å². The summed E-state index contributed by atoms with van der Waals surface area (Å²) < 4.78 is 7.99. The van der Waals surface area contributed by atoms with Gasteiger partial charge in [0.05, 0.1) is 6.54 Å². The van der Waals surface area contributed by atoms with Crippen molar-refractivity contribution in [2.75, 3.05) is 19.7 Å². The Morgan fingerprint density at radius 1 is 1.27 bits per heavy atom. The third kappa shape index (κ3) is 3.31. The van der Waals surface area contributed by atoms with Crippen LogP contribution in [0.4, 0.5) is 0 Å². The summed E-state index contributed by atoms with van der Waals surface area (Å²) >= 11 is 0. The predicted molar refractivity (Wildman–Crippen MR) is 84.9 cm³/mol. The quantitative estimate of drug-likeness (QED) is 0.914. The predicted octanol–water partition coefficient (Wildman–Crippen LogP) is 1.76. The Labute approximate surface area is 131 Å². The van der Waals surface area contributed by atoms with Crippen LogP contribution in [-0.4, -0.2) is 45.4 Å². The molecule has 0 fully saturated rings. The molecule has 1 atom stereocenters. The Kier molecular flexibility index (Phi) is 4.45. The van der Waals surface area contributed by atoms with Crippen molar-refractivity contribution < 1.29 is 9.84 Å². The van der Waals surface area contributed by atoms with Crippen molar-refractivity contribution in [3.8, 4) is 5.75 Å². The van der Waals surface area contributed by atoms with E-state index in [1.54, 1.807) is 0 Å². The van der Waals surface area contributed by atoms with Gasteiger partial charge in [-0.15, -0.1) is 0 Å². The Balaban J connectivity index is 1.52. The zero-order valence-corrected chi connectivity index (χ0v) is 13.2. The molecule has 5 heteroatoms. The topological polar surface area (TPSA) is 50.5 Å². The third-order valence-electron chi connectivity index (χ3n) is 4.12. The molecule has 0 radical (unpaired) electrons. The molecule has 1 aliphatic rings. The molecule has 1 N–H and O–H groups in total. The number of aromatic nitrogens is 2. The first-order chi connectivity index (χ1) is 10.6. The van der Waals surface area contributed by atoms with Gasteiger partial charge in [0.2, 0.25) is 0 Å². The second-order valence-corrected chi connectivity index (χ2v) is 5.96. The van der Waals surface area contributed by atoms with Gasteiger partial charge in [0.15, 0.2) is 0 Å². The van der Waals surface area contributed by atoms with Crippen LogP contribution in [0.3, 0.4) is 0 Å². The summed E-state index contributed by atoms with van der Waals surface area (Å²) in [5, 5.41) is 10.2. The Morgan fingerprint density at radius 2 is 2.05 bits per heavy atom. The van der Waals surface area contributed by atoms with Gasteiger partial charge < -0.3 is 14.4 Å². The van der Waals surface area contributed by atoms with Crippen LogP contribution in [0.1, 0.15) is 17.0 Å². The average Bonchev–Trinajstić information content (AvgIpc) is 2.94. The number of fused-ring (bicyclic) bond motifs is 1. The number of hydrogen-bond donors (Lipinski definition) is 1. The van der Waals surface area contributed by atoms with Crippen molar-refractivity contribution in [3.05, 3.63) is 47.5 Å². The Hall–Kier alpha value is -1.85. The average molecular weight is 301 g/mol. The minimum absolute atomic E-state index is 0.316. The van der Waals surface area contributed by atoms with E-state index in [1.807, 2.05) is 44.4 Å². The maximum Gasteiger partial charge on any atom is 0.125 e. The SMILES string of the molecule is Cc1cccc(C)c1OCC(O)CN1CCn2ccnc2C1. The molecule has 5 nitrogen and oxygen atoms in total. The highest BCUT2D eigenvalue weighted by atomic mass is 16.5. The van der Waals surface area contributed by atoms with E-state index in [-0.39, 0.29) is 0 Å². The lowest BCUT2D eigenvalue weighted by Gasteiger charge is -2.29. The van der Waals surface area contributed by atoms with Crippen LogP contribution in [0.25, 0.3) is 0 Å². The maximum atomic E-state index is 10.2. The van der Waals surface area contributed by atoms with E-state index in [2.05, 4.69) is 14.5 Å². The first kappa shape index (κ1) is 15.1. The van der Waals surface area contributed by atoms with Crippen molar-refractivity contribution in [2.24, 2.45) is 0 Å². The zero-order valence-electron chi connectivity index (χ0n) is 13.2. The summed E-state index contributed by atoms with van der Waals surface area (Å²) in [6.07, 6.45) is 3.34. The number of para-hydroxylation sites is 1. The summed E-state index contributed by atoms with van der Waals surface area (Å²) in [5.41, 5.74) is 2.21.